The SMILES string of the molecule is CCOC(=O)CC(O)(C=O)c1ccccc1. The number of aldehydes is 1. The average Bonchev–Trinajstić information content (AvgIpc) is 2.30. The third kappa shape index (κ3) is 2.90. The first-order chi connectivity index (χ1) is 7.62. The van der Waals surface area contributed by atoms with Crippen LogP contribution in [-0.2, 0) is 19.9 Å². The zero-order valence-corrected chi connectivity index (χ0v) is 9.05. The molecule has 0 spiro atoms. The normalized spacial score (nSPS) is 13.9. The van der Waals surface area contributed by atoms with Crippen LogP contribution in [0, 0.1) is 0 Å². The number of carbonyl (C=O) groups excluding carboxylic acids is 2. The summed E-state index contributed by atoms with van der Waals surface area (Å²) >= 11 is 0. The molecule has 0 saturated heterocycles. The number of ether oxygens (including phenoxy) is 1. The molecule has 86 valence electrons. The van der Waals surface area contributed by atoms with Gasteiger partial charge in [0.05, 0.1) is 13.0 Å². The Bertz CT molecular complexity index is 361. The van der Waals surface area contributed by atoms with E-state index < -0.39 is 11.6 Å². The molecule has 1 atom stereocenters. The average molecular weight is 222 g/mol. The molecular formula is C12H14O4. The number of carbonyl (C=O) groups is 2. The topological polar surface area (TPSA) is 63.6 Å². The monoisotopic (exact) mass is 222 g/mol. The minimum atomic E-state index is -1.80. The Labute approximate surface area is 93.9 Å². The van der Waals surface area contributed by atoms with Crippen LogP contribution in [0.1, 0.15) is 18.9 Å². The van der Waals surface area contributed by atoms with Crippen LogP contribution < -0.4 is 0 Å². The summed E-state index contributed by atoms with van der Waals surface area (Å²) in [6, 6.07) is 8.32. The summed E-state index contributed by atoms with van der Waals surface area (Å²) in [7, 11) is 0. The van der Waals surface area contributed by atoms with Gasteiger partial charge in [-0.1, -0.05) is 30.3 Å². The minimum Gasteiger partial charge on any atom is -0.466 e. The predicted molar refractivity (Wildman–Crippen MR) is 57.7 cm³/mol. The summed E-state index contributed by atoms with van der Waals surface area (Å²) in [5.41, 5.74) is -1.41. The van der Waals surface area contributed by atoms with Crippen LogP contribution >= 0.6 is 0 Å². The highest BCUT2D eigenvalue weighted by molar-refractivity contribution is 5.78. The molecule has 0 aliphatic heterocycles. The second kappa shape index (κ2) is 5.42. The van der Waals surface area contributed by atoms with Crippen LogP contribution in [0.2, 0.25) is 0 Å². The van der Waals surface area contributed by atoms with E-state index in [0.717, 1.165) is 0 Å². The molecule has 4 nitrogen and oxygen atoms in total. The van der Waals surface area contributed by atoms with Gasteiger partial charge in [-0.25, -0.2) is 0 Å². The maximum atomic E-state index is 11.2. The summed E-state index contributed by atoms with van der Waals surface area (Å²) < 4.78 is 4.70. The van der Waals surface area contributed by atoms with Gasteiger partial charge in [-0.2, -0.15) is 0 Å². The number of hydrogen-bond donors (Lipinski definition) is 1. The second-order valence-corrected chi connectivity index (χ2v) is 3.39. The van der Waals surface area contributed by atoms with E-state index in [1.807, 2.05) is 0 Å². The van der Waals surface area contributed by atoms with Crippen LogP contribution in [-0.4, -0.2) is 24.0 Å². The van der Waals surface area contributed by atoms with Crippen LogP contribution in [0.3, 0.4) is 0 Å². The van der Waals surface area contributed by atoms with Crippen molar-refractivity contribution in [2.45, 2.75) is 18.9 Å². The Morgan fingerprint density at radius 1 is 1.44 bits per heavy atom. The van der Waals surface area contributed by atoms with Gasteiger partial charge in [0.25, 0.3) is 0 Å². The molecule has 1 aromatic carbocycles. The van der Waals surface area contributed by atoms with E-state index in [2.05, 4.69) is 0 Å². The molecule has 0 amide bonds. The molecule has 0 saturated carbocycles. The lowest BCUT2D eigenvalue weighted by atomic mass is 9.92. The van der Waals surface area contributed by atoms with E-state index in [9.17, 15) is 14.7 Å². The van der Waals surface area contributed by atoms with E-state index in [4.69, 9.17) is 4.74 Å². The summed E-state index contributed by atoms with van der Waals surface area (Å²) in [6.45, 7) is 1.89. The molecule has 0 heterocycles. The van der Waals surface area contributed by atoms with E-state index in [0.29, 0.717) is 11.8 Å². The highest BCUT2D eigenvalue weighted by atomic mass is 16.5. The summed E-state index contributed by atoms with van der Waals surface area (Å²) in [5.74, 6) is -0.596. The molecule has 0 aliphatic rings. The Morgan fingerprint density at radius 2 is 2.06 bits per heavy atom. The summed E-state index contributed by atoms with van der Waals surface area (Å²) in [4.78, 5) is 22.2. The molecule has 1 rings (SSSR count). The fourth-order valence-corrected chi connectivity index (χ4v) is 1.37. The van der Waals surface area contributed by atoms with E-state index in [1.165, 1.54) is 0 Å². The molecule has 0 fully saturated rings. The van der Waals surface area contributed by atoms with Gasteiger partial charge in [0.1, 0.15) is 0 Å². The highest BCUT2D eigenvalue weighted by Crippen LogP contribution is 2.22. The van der Waals surface area contributed by atoms with Crippen molar-refractivity contribution in [1.82, 2.24) is 0 Å². The first-order valence-electron chi connectivity index (χ1n) is 5.02. The van der Waals surface area contributed by atoms with Crippen molar-refractivity contribution in [2.24, 2.45) is 0 Å². The largest absolute Gasteiger partial charge is 0.466 e. The van der Waals surface area contributed by atoms with Crippen molar-refractivity contribution < 1.29 is 19.4 Å². The summed E-state index contributed by atoms with van der Waals surface area (Å²) in [5, 5.41) is 10.0. The fourth-order valence-electron chi connectivity index (χ4n) is 1.37. The van der Waals surface area contributed by atoms with Crippen LogP contribution in [0.15, 0.2) is 30.3 Å². The number of aliphatic hydroxyl groups is 1. The van der Waals surface area contributed by atoms with Crippen molar-refractivity contribution in [2.75, 3.05) is 6.61 Å². The van der Waals surface area contributed by atoms with Gasteiger partial charge in [-0.15, -0.1) is 0 Å². The molecule has 0 aromatic heterocycles. The minimum absolute atomic E-state index is 0.225. The molecule has 1 unspecified atom stereocenters. The molecule has 0 bridgehead atoms. The van der Waals surface area contributed by atoms with E-state index in [-0.39, 0.29) is 13.0 Å². The van der Waals surface area contributed by atoms with Gasteiger partial charge in [0, 0.05) is 0 Å². The van der Waals surface area contributed by atoms with Gasteiger partial charge in [0.15, 0.2) is 11.9 Å². The van der Waals surface area contributed by atoms with Crippen molar-refractivity contribution >= 4 is 12.3 Å². The van der Waals surface area contributed by atoms with Gasteiger partial charge in [0.2, 0.25) is 0 Å². The lowest BCUT2D eigenvalue weighted by Crippen LogP contribution is -2.31. The smallest absolute Gasteiger partial charge is 0.309 e. The van der Waals surface area contributed by atoms with E-state index in [1.54, 1.807) is 37.3 Å². The fraction of sp³-hybridized carbons (Fsp3) is 0.333. The number of esters is 1. The highest BCUT2D eigenvalue weighted by Gasteiger charge is 2.32. The van der Waals surface area contributed by atoms with Crippen LogP contribution in [0.25, 0.3) is 0 Å². The Hall–Kier alpha value is -1.68. The summed E-state index contributed by atoms with van der Waals surface area (Å²) in [6.07, 6.45) is -0.00634. The molecule has 1 aromatic rings. The third-order valence-corrected chi connectivity index (χ3v) is 2.19. The first kappa shape index (κ1) is 12.4. The Balaban J connectivity index is 2.86. The molecule has 0 aliphatic carbocycles. The van der Waals surface area contributed by atoms with Crippen molar-refractivity contribution in [3.8, 4) is 0 Å². The second-order valence-electron chi connectivity index (χ2n) is 3.39. The Kier molecular flexibility index (Phi) is 4.19. The first-order valence-corrected chi connectivity index (χ1v) is 5.02. The lowest BCUT2D eigenvalue weighted by molar-refractivity contribution is -0.151. The molecular weight excluding hydrogens is 208 g/mol. The third-order valence-electron chi connectivity index (χ3n) is 2.19. The molecule has 1 N–H and O–H groups in total. The number of hydrogen-bond acceptors (Lipinski definition) is 4. The van der Waals surface area contributed by atoms with Gasteiger partial charge in [-0.3, -0.25) is 9.59 Å². The van der Waals surface area contributed by atoms with Crippen molar-refractivity contribution in [3.63, 3.8) is 0 Å². The standard InChI is InChI=1S/C12H14O4/c1-2-16-11(14)8-12(15,9-13)10-6-4-3-5-7-10/h3-7,9,15H,2,8H2,1H3. The van der Waals surface area contributed by atoms with E-state index >= 15 is 0 Å². The number of rotatable bonds is 5. The van der Waals surface area contributed by atoms with Crippen molar-refractivity contribution in [3.05, 3.63) is 35.9 Å². The maximum Gasteiger partial charge on any atom is 0.309 e. The van der Waals surface area contributed by atoms with Gasteiger partial charge >= 0.3 is 5.97 Å². The Morgan fingerprint density at radius 3 is 2.56 bits per heavy atom. The zero-order chi connectivity index (χ0) is 12.0. The number of benzene rings is 1. The zero-order valence-electron chi connectivity index (χ0n) is 9.05. The maximum absolute atomic E-state index is 11.2. The predicted octanol–water partition coefficient (Wildman–Crippen LogP) is 1.03. The van der Waals surface area contributed by atoms with Gasteiger partial charge < -0.3 is 9.84 Å². The van der Waals surface area contributed by atoms with Crippen molar-refractivity contribution in [1.29, 1.82) is 0 Å². The quantitative estimate of drug-likeness (QED) is 0.597. The molecule has 16 heavy (non-hydrogen) atoms. The van der Waals surface area contributed by atoms with Gasteiger partial charge in [-0.05, 0) is 12.5 Å². The van der Waals surface area contributed by atoms with Crippen LogP contribution in [0.5, 0.6) is 0 Å². The molecule has 4 heteroatoms. The lowest BCUT2D eigenvalue weighted by Gasteiger charge is -2.20. The van der Waals surface area contributed by atoms with Crippen LogP contribution in [0.4, 0.5) is 0 Å². The molecule has 0 radical (unpaired) electrons.